The van der Waals surface area contributed by atoms with Gasteiger partial charge in [0.1, 0.15) is 11.9 Å². The van der Waals surface area contributed by atoms with Gasteiger partial charge in [0.05, 0.1) is 17.1 Å². The van der Waals surface area contributed by atoms with Gasteiger partial charge in [-0.25, -0.2) is 4.98 Å². The number of carbonyl (C=O) groups is 2. The Labute approximate surface area is 205 Å². The molecule has 0 spiro atoms. The van der Waals surface area contributed by atoms with Crippen molar-refractivity contribution in [3.05, 3.63) is 102 Å². The van der Waals surface area contributed by atoms with Crippen molar-refractivity contribution in [1.82, 2.24) is 19.8 Å². The van der Waals surface area contributed by atoms with Crippen molar-refractivity contribution in [3.8, 4) is 0 Å². The van der Waals surface area contributed by atoms with Crippen LogP contribution in [0, 0.1) is 0 Å². The first-order valence-corrected chi connectivity index (χ1v) is 12.2. The fraction of sp³-hybridized carbons (Fsp3) is 0.276. The summed E-state index contributed by atoms with van der Waals surface area (Å²) in [6.07, 6.45) is 2.39. The number of aryl methyl sites for hydroxylation is 2. The number of carbonyl (C=O) groups excluding carboxylic acids is 2. The van der Waals surface area contributed by atoms with Crippen LogP contribution >= 0.6 is 0 Å². The smallest absolute Gasteiger partial charge is 0.243 e. The number of hydrogen-bond donors (Lipinski definition) is 1. The second-order valence-corrected chi connectivity index (χ2v) is 9.08. The van der Waals surface area contributed by atoms with Crippen molar-refractivity contribution >= 4 is 22.8 Å². The van der Waals surface area contributed by atoms with Crippen molar-refractivity contribution in [2.75, 3.05) is 6.54 Å². The first-order valence-electron chi connectivity index (χ1n) is 12.2. The van der Waals surface area contributed by atoms with Gasteiger partial charge in [-0.3, -0.25) is 9.59 Å². The second kappa shape index (κ2) is 10.1. The fourth-order valence-corrected chi connectivity index (χ4v) is 5.01. The summed E-state index contributed by atoms with van der Waals surface area (Å²) in [5.74, 6) is 0.787. The van der Waals surface area contributed by atoms with E-state index in [1.807, 2.05) is 96.5 Å². The molecule has 6 heteroatoms. The van der Waals surface area contributed by atoms with Crippen LogP contribution in [-0.4, -0.2) is 38.9 Å². The third-order valence-corrected chi connectivity index (χ3v) is 6.87. The lowest BCUT2D eigenvalue weighted by Crippen LogP contribution is -2.47. The van der Waals surface area contributed by atoms with E-state index >= 15 is 0 Å². The molecule has 0 saturated carbocycles. The van der Waals surface area contributed by atoms with Gasteiger partial charge in [-0.2, -0.15) is 0 Å². The predicted octanol–water partition coefficient (Wildman–Crippen LogP) is 4.40. The Morgan fingerprint density at radius 2 is 1.57 bits per heavy atom. The Morgan fingerprint density at radius 3 is 2.23 bits per heavy atom. The first kappa shape index (κ1) is 22.8. The van der Waals surface area contributed by atoms with E-state index in [1.165, 1.54) is 0 Å². The molecule has 5 rings (SSSR count). The van der Waals surface area contributed by atoms with E-state index in [2.05, 4.69) is 10.3 Å². The molecule has 1 N–H and O–H groups in total. The Morgan fingerprint density at radius 1 is 0.943 bits per heavy atom. The highest BCUT2D eigenvalue weighted by Gasteiger charge is 2.35. The normalized spacial score (nSPS) is 15.6. The predicted molar refractivity (Wildman–Crippen MR) is 137 cm³/mol. The molecule has 178 valence electrons. The summed E-state index contributed by atoms with van der Waals surface area (Å²) in [5, 5.41) is 3.23. The second-order valence-electron chi connectivity index (χ2n) is 9.08. The summed E-state index contributed by atoms with van der Waals surface area (Å²) in [6, 6.07) is 27.2. The molecule has 1 aliphatic heterocycles. The van der Waals surface area contributed by atoms with Crippen LogP contribution in [0.5, 0.6) is 0 Å². The highest BCUT2D eigenvalue weighted by molar-refractivity contribution is 5.89. The molecule has 2 heterocycles. The van der Waals surface area contributed by atoms with Gasteiger partial charge in [0.2, 0.25) is 11.8 Å². The number of imidazole rings is 1. The minimum atomic E-state index is -0.446. The fourth-order valence-electron chi connectivity index (χ4n) is 5.01. The average molecular weight is 467 g/mol. The van der Waals surface area contributed by atoms with Crippen molar-refractivity contribution in [2.24, 2.45) is 7.05 Å². The molecule has 0 bridgehead atoms. The van der Waals surface area contributed by atoms with Gasteiger partial charge in [0.25, 0.3) is 0 Å². The number of nitrogens with zero attached hydrogens (tertiary/aromatic N) is 3. The number of para-hydroxylation sites is 2. The largest absolute Gasteiger partial charge is 0.343 e. The lowest BCUT2D eigenvalue weighted by molar-refractivity contribution is -0.138. The number of aromatic nitrogens is 2. The van der Waals surface area contributed by atoms with Crippen LogP contribution in [0.25, 0.3) is 11.0 Å². The highest BCUT2D eigenvalue weighted by atomic mass is 16.2. The molecule has 1 aromatic heterocycles. The van der Waals surface area contributed by atoms with Gasteiger partial charge in [0, 0.05) is 26.4 Å². The van der Waals surface area contributed by atoms with Crippen LogP contribution in [0.3, 0.4) is 0 Å². The Bertz CT molecular complexity index is 1280. The molecule has 1 atom stereocenters. The monoisotopic (exact) mass is 466 g/mol. The van der Waals surface area contributed by atoms with Crippen LogP contribution in [0.4, 0.5) is 0 Å². The van der Waals surface area contributed by atoms with Gasteiger partial charge in [-0.05, 0) is 36.1 Å². The van der Waals surface area contributed by atoms with Crippen molar-refractivity contribution in [2.45, 2.75) is 37.8 Å². The Hall–Kier alpha value is -3.93. The molecule has 2 amide bonds. The molecule has 1 saturated heterocycles. The van der Waals surface area contributed by atoms with Crippen molar-refractivity contribution in [1.29, 1.82) is 0 Å². The number of rotatable bonds is 7. The van der Waals surface area contributed by atoms with Gasteiger partial charge < -0.3 is 14.8 Å². The standard InChI is InChI=1S/C29H30N4O2/c1-32-24-16-9-8-15-23(24)30-26(32)18-19-27(34)33-20-10-17-25(33)29(35)31-28(21-11-4-2-5-12-21)22-13-6-3-7-14-22/h2-9,11-16,25,28H,10,17-20H2,1H3,(H,31,35)/t25-/m0/s1. The number of amides is 2. The van der Waals surface area contributed by atoms with Gasteiger partial charge in [-0.1, -0.05) is 72.8 Å². The van der Waals surface area contributed by atoms with E-state index in [4.69, 9.17) is 0 Å². The maximum atomic E-state index is 13.4. The molecule has 1 fully saturated rings. The van der Waals surface area contributed by atoms with E-state index in [0.29, 0.717) is 25.8 Å². The summed E-state index contributed by atoms with van der Waals surface area (Å²) in [7, 11) is 1.98. The zero-order valence-electron chi connectivity index (χ0n) is 19.9. The Kier molecular flexibility index (Phi) is 6.62. The SMILES string of the molecule is Cn1c(CCC(=O)N2CCC[C@H]2C(=O)NC(c2ccccc2)c2ccccc2)nc2ccccc21. The molecular formula is C29H30N4O2. The summed E-state index contributed by atoms with van der Waals surface area (Å²) in [5.41, 5.74) is 4.03. The molecule has 6 nitrogen and oxygen atoms in total. The third kappa shape index (κ3) is 4.83. The van der Waals surface area contributed by atoms with Gasteiger partial charge in [-0.15, -0.1) is 0 Å². The van der Waals surface area contributed by atoms with Crippen LogP contribution in [-0.2, 0) is 23.1 Å². The topological polar surface area (TPSA) is 67.2 Å². The van der Waals surface area contributed by atoms with Crippen molar-refractivity contribution in [3.63, 3.8) is 0 Å². The number of hydrogen-bond acceptors (Lipinski definition) is 3. The zero-order chi connectivity index (χ0) is 24.2. The highest BCUT2D eigenvalue weighted by Crippen LogP contribution is 2.25. The maximum Gasteiger partial charge on any atom is 0.243 e. The molecule has 1 aliphatic rings. The number of fused-ring (bicyclic) bond motifs is 1. The molecule has 4 aromatic rings. The van der Waals surface area contributed by atoms with Crippen LogP contribution in [0.15, 0.2) is 84.9 Å². The molecule has 0 aliphatic carbocycles. The molecule has 0 radical (unpaired) electrons. The lowest BCUT2D eigenvalue weighted by Gasteiger charge is -2.27. The number of likely N-dealkylation sites (tertiary alicyclic amines) is 1. The summed E-state index contributed by atoms with van der Waals surface area (Å²) < 4.78 is 2.04. The van der Waals surface area contributed by atoms with Crippen LogP contribution < -0.4 is 5.32 Å². The van der Waals surface area contributed by atoms with Crippen LogP contribution in [0.2, 0.25) is 0 Å². The third-order valence-electron chi connectivity index (χ3n) is 6.87. The quantitative estimate of drug-likeness (QED) is 0.439. The van der Waals surface area contributed by atoms with E-state index in [0.717, 1.165) is 34.4 Å². The van der Waals surface area contributed by atoms with E-state index < -0.39 is 6.04 Å². The maximum absolute atomic E-state index is 13.4. The zero-order valence-corrected chi connectivity index (χ0v) is 19.9. The molecular weight excluding hydrogens is 436 g/mol. The number of benzene rings is 3. The minimum absolute atomic E-state index is 0.00526. The minimum Gasteiger partial charge on any atom is -0.343 e. The van der Waals surface area contributed by atoms with Gasteiger partial charge in [0.15, 0.2) is 0 Å². The van der Waals surface area contributed by atoms with Crippen molar-refractivity contribution < 1.29 is 9.59 Å². The van der Waals surface area contributed by atoms with Gasteiger partial charge >= 0.3 is 0 Å². The Balaban J connectivity index is 1.28. The molecule has 35 heavy (non-hydrogen) atoms. The van der Waals surface area contributed by atoms with E-state index in [-0.39, 0.29) is 17.9 Å². The summed E-state index contributed by atoms with van der Waals surface area (Å²) in [4.78, 5) is 33.1. The average Bonchev–Trinajstić information content (AvgIpc) is 3.52. The van der Waals surface area contributed by atoms with E-state index in [9.17, 15) is 9.59 Å². The summed E-state index contributed by atoms with van der Waals surface area (Å²) in [6.45, 7) is 0.612. The first-order chi connectivity index (χ1) is 17.1. The van der Waals surface area contributed by atoms with E-state index in [1.54, 1.807) is 4.90 Å². The number of nitrogens with one attached hydrogen (secondary N) is 1. The summed E-state index contributed by atoms with van der Waals surface area (Å²) >= 11 is 0. The molecule has 3 aromatic carbocycles. The lowest BCUT2D eigenvalue weighted by atomic mass is 9.98. The van der Waals surface area contributed by atoms with Crippen LogP contribution in [0.1, 0.15) is 42.3 Å². The molecule has 0 unspecified atom stereocenters.